The summed E-state index contributed by atoms with van der Waals surface area (Å²) in [4.78, 5) is 4.08. The molecule has 3 rings (SSSR count). The quantitative estimate of drug-likeness (QED) is 0.721. The van der Waals surface area contributed by atoms with Crippen LogP contribution in [0, 0.1) is 5.82 Å². The van der Waals surface area contributed by atoms with Crippen molar-refractivity contribution in [3.63, 3.8) is 0 Å². The minimum Gasteiger partial charge on any atom is -0.264 e. The zero-order chi connectivity index (χ0) is 11.7. The molecule has 0 radical (unpaired) electrons. The third-order valence-corrected chi connectivity index (χ3v) is 3.11. The van der Waals surface area contributed by atoms with Crippen LogP contribution in [-0.2, 0) is 6.42 Å². The number of fused-ring (bicyclic) bond motifs is 1. The Hall–Kier alpha value is -1.96. The van der Waals surface area contributed by atoms with E-state index in [1.807, 2.05) is 24.4 Å². The van der Waals surface area contributed by atoms with Crippen LogP contribution < -0.4 is 0 Å². The molecule has 2 heteroatoms. The van der Waals surface area contributed by atoms with Crippen molar-refractivity contribution in [2.45, 2.75) is 12.8 Å². The van der Waals surface area contributed by atoms with Gasteiger partial charge in [0, 0.05) is 12.4 Å². The van der Waals surface area contributed by atoms with Gasteiger partial charge in [0.2, 0.25) is 0 Å². The van der Waals surface area contributed by atoms with Crippen molar-refractivity contribution in [3.05, 3.63) is 65.2 Å². The second-order valence-electron chi connectivity index (χ2n) is 4.26. The van der Waals surface area contributed by atoms with Gasteiger partial charge >= 0.3 is 0 Å². The van der Waals surface area contributed by atoms with Crippen molar-refractivity contribution in [2.24, 2.45) is 0 Å². The lowest BCUT2D eigenvalue weighted by Crippen LogP contribution is -1.83. The number of rotatable bonds is 1. The molecular weight excluding hydrogens is 213 g/mol. The molecule has 84 valence electrons. The Morgan fingerprint density at radius 3 is 2.94 bits per heavy atom. The van der Waals surface area contributed by atoms with E-state index in [1.165, 1.54) is 17.2 Å². The van der Waals surface area contributed by atoms with Crippen LogP contribution in [0.5, 0.6) is 0 Å². The molecule has 0 bridgehead atoms. The molecule has 0 N–H and O–H groups in total. The van der Waals surface area contributed by atoms with E-state index in [-0.39, 0.29) is 5.82 Å². The van der Waals surface area contributed by atoms with Gasteiger partial charge in [-0.1, -0.05) is 12.1 Å². The highest BCUT2D eigenvalue weighted by molar-refractivity contribution is 5.85. The molecule has 1 aromatic carbocycles. The number of hydrogen-bond donors (Lipinski definition) is 0. The van der Waals surface area contributed by atoms with Gasteiger partial charge in [0.25, 0.3) is 0 Å². The molecule has 1 aliphatic rings. The van der Waals surface area contributed by atoms with E-state index < -0.39 is 0 Å². The molecule has 0 atom stereocenters. The number of aryl methyl sites for hydroxylation is 1. The number of hydrogen-bond acceptors (Lipinski definition) is 1. The monoisotopic (exact) mass is 225 g/mol. The van der Waals surface area contributed by atoms with E-state index >= 15 is 0 Å². The van der Waals surface area contributed by atoms with E-state index in [2.05, 4.69) is 11.1 Å². The summed E-state index contributed by atoms with van der Waals surface area (Å²) in [5.41, 5.74) is 4.56. The lowest BCUT2D eigenvalue weighted by atomic mass is 10.1. The summed E-state index contributed by atoms with van der Waals surface area (Å²) in [6.07, 6.45) is 7.65. The van der Waals surface area contributed by atoms with Crippen molar-refractivity contribution in [1.29, 1.82) is 0 Å². The SMILES string of the molecule is Fc1ccc2c(c1)/C(=C/c1cccnc1)CC2. The van der Waals surface area contributed by atoms with Crippen LogP contribution in [0.1, 0.15) is 23.1 Å². The summed E-state index contributed by atoms with van der Waals surface area (Å²) in [6.45, 7) is 0. The van der Waals surface area contributed by atoms with Gasteiger partial charge in [0.1, 0.15) is 5.82 Å². The minimum atomic E-state index is -0.164. The maximum atomic E-state index is 13.2. The molecule has 1 heterocycles. The molecule has 0 fully saturated rings. The van der Waals surface area contributed by atoms with Crippen molar-refractivity contribution in [2.75, 3.05) is 0 Å². The average molecular weight is 225 g/mol. The molecule has 0 saturated heterocycles. The van der Waals surface area contributed by atoms with Crippen LogP contribution in [0.3, 0.4) is 0 Å². The van der Waals surface area contributed by atoms with Gasteiger partial charge in [-0.15, -0.1) is 0 Å². The second kappa shape index (κ2) is 4.13. The van der Waals surface area contributed by atoms with E-state index in [9.17, 15) is 4.39 Å². The molecule has 1 aromatic heterocycles. The number of benzene rings is 1. The number of allylic oxidation sites excluding steroid dienone is 1. The van der Waals surface area contributed by atoms with Crippen molar-refractivity contribution in [3.8, 4) is 0 Å². The number of aromatic nitrogens is 1. The van der Waals surface area contributed by atoms with E-state index in [0.29, 0.717) is 0 Å². The largest absolute Gasteiger partial charge is 0.264 e. The summed E-state index contributed by atoms with van der Waals surface area (Å²) < 4.78 is 13.2. The Balaban J connectivity index is 2.04. The van der Waals surface area contributed by atoms with E-state index in [0.717, 1.165) is 24.0 Å². The maximum absolute atomic E-state index is 13.2. The number of pyridine rings is 1. The maximum Gasteiger partial charge on any atom is 0.123 e. The summed E-state index contributed by atoms with van der Waals surface area (Å²) in [7, 11) is 0. The predicted octanol–water partition coefficient (Wildman–Crippen LogP) is 3.71. The zero-order valence-electron chi connectivity index (χ0n) is 9.36. The first-order valence-electron chi connectivity index (χ1n) is 5.72. The predicted molar refractivity (Wildman–Crippen MR) is 66.8 cm³/mol. The van der Waals surface area contributed by atoms with Gasteiger partial charge in [0.05, 0.1) is 0 Å². The van der Waals surface area contributed by atoms with Crippen LogP contribution in [0.4, 0.5) is 4.39 Å². The van der Waals surface area contributed by atoms with Crippen LogP contribution in [-0.4, -0.2) is 4.98 Å². The van der Waals surface area contributed by atoms with Crippen LogP contribution in [0.15, 0.2) is 42.7 Å². The van der Waals surface area contributed by atoms with Crippen LogP contribution in [0.2, 0.25) is 0 Å². The van der Waals surface area contributed by atoms with Gasteiger partial charge in [-0.3, -0.25) is 4.98 Å². The first-order chi connectivity index (χ1) is 8.33. The van der Waals surface area contributed by atoms with Gasteiger partial charge in [0.15, 0.2) is 0 Å². The Morgan fingerprint density at radius 1 is 1.18 bits per heavy atom. The summed E-state index contributed by atoms with van der Waals surface area (Å²) in [6, 6.07) is 8.97. The summed E-state index contributed by atoms with van der Waals surface area (Å²) in [5.74, 6) is -0.164. The van der Waals surface area contributed by atoms with Gasteiger partial charge in [-0.05, 0) is 59.4 Å². The molecule has 0 aliphatic heterocycles. The Bertz CT molecular complexity index is 573. The highest BCUT2D eigenvalue weighted by Gasteiger charge is 2.16. The summed E-state index contributed by atoms with van der Waals surface area (Å²) in [5, 5.41) is 0. The van der Waals surface area contributed by atoms with Crippen molar-refractivity contribution in [1.82, 2.24) is 4.98 Å². The second-order valence-corrected chi connectivity index (χ2v) is 4.26. The van der Waals surface area contributed by atoms with Gasteiger partial charge < -0.3 is 0 Å². The van der Waals surface area contributed by atoms with E-state index in [1.54, 1.807) is 12.3 Å². The fourth-order valence-electron chi connectivity index (χ4n) is 2.28. The highest BCUT2D eigenvalue weighted by atomic mass is 19.1. The molecule has 0 amide bonds. The smallest absolute Gasteiger partial charge is 0.123 e. The topological polar surface area (TPSA) is 12.9 Å². The zero-order valence-corrected chi connectivity index (χ0v) is 9.36. The number of nitrogens with zero attached hydrogens (tertiary/aromatic N) is 1. The average Bonchev–Trinajstić information content (AvgIpc) is 2.73. The third kappa shape index (κ3) is 1.98. The summed E-state index contributed by atoms with van der Waals surface area (Å²) >= 11 is 0. The Morgan fingerprint density at radius 2 is 2.12 bits per heavy atom. The first kappa shape index (κ1) is 10.2. The Labute approximate surface area is 99.6 Å². The Kier molecular flexibility index (Phi) is 2.48. The number of halogens is 1. The van der Waals surface area contributed by atoms with E-state index in [4.69, 9.17) is 0 Å². The fourth-order valence-corrected chi connectivity index (χ4v) is 2.28. The fraction of sp³-hybridized carbons (Fsp3) is 0.133. The first-order valence-corrected chi connectivity index (χ1v) is 5.72. The molecule has 0 saturated carbocycles. The lowest BCUT2D eigenvalue weighted by Gasteiger charge is -2.01. The molecule has 17 heavy (non-hydrogen) atoms. The van der Waals surface area contributed by atoms with Crippen molar-refractivity contribution >= 4 is 11.6 Å². The lowest BCUT2D eigenvalue weighted by molar-refractivity contribution is 0.627. The van der Waals surface area contributed by atoms with Gasteiger partial charge in [-0.25, -0.2) is 4.39 Å². The van der Waals surface area contributed by atoms with Crippen LogP contribution >= 0.6 is 0 Å². The van der Waals surface area contributed by atoms with Crippen LogP contribution in [0.25, 0.3) is 11.6 Å². The molecule has 0 unspecified atom stereocenters. The van der Waals surface area contributed by atoms with Crippen molar-refractivity contribution < 1.29 is 4.39 Å². The molecular formula is C15H12FN. The normalized spacial score (nSPS) is 16.2. The molecule has 1 nitrogen and oxygen atoms in total. The standard InChI is InChI=1S/C15H12FN/c16-14-6-5-12-3-4-13(15(12)9-14)8-11-2-1-7-17-10-11/h1-2,5-10H,3-4H2/b13-8+. The molecule has 1 aliphatic carbocycles. The highest BCUT2D eigenvalue weighted by Crippen LogP contribution is 2.33. The molecule has 0 spiro atoms. The van der Waals surface area contributed by atoms with Gasteiger partial charge in [-0.2, -0.15) is 0 Å². The third-order valence-electron chi connectivity index (χ3n) is 3.11. The molecule has 2 aromatic rings. The minimum absolute atomic E-state index is 0.164.